The molecule has 2 aliphatic rings. The largest absolute Gasteiger partial charge is 0.467 e. The number of furan rings is 1. The summed E-state index contributed by atoms with van der Waals surface area (Å²) in [6, 6.07) is 15.1. The minimum Gasteiger partial charge on any atom is -0.467 e. The van der Waals surface area contributed by atoms with Crippen molar-refractivity contribution in [1.29, 1.82) is 0 Å². The Balaban J connectivity index is 1.58. The molecule has 1 aromatic carbocycles. The van der Waals surface area contributed by atoms with Crippen LogP contribution in [0.1, 0.15) is 36.6 Å². The van der Waals surface area contributed by atoms with Crippen LogP contribution in [0.25, 0.3) is 0 Å². The van der Waals surface area contributed by atoms with E-state index in [1.807, 2.05) is 18.2 Å². The molecule has 2 heterocycles. The monoisotopic (exact) mass is 283 g/mol. The summed E-state index contributed by atoms with van der Waals surface area (Å²) in [5.41, 5.74) is 1.24. The van der Waals surface area contributed by atoms with Gasteiger partial charge in [-0.3, -0.25) is 5.32 Å². The predicted molar refractivity (Wildman–Crippen MR) is 81.0 cm³/mol. The fourth-order valence-electron chi connectivity index (χ4n) is 3.34. The Morgan fingerprint density at radius 1 is 1.00 bits per heavy atom. The molecule has 0 radical (unpaired) electrons. The SMILES string of the molecule is c1ccc(C(NC2CCOC2C2CC2)c2ccco2)cc1. The van der Waals surface area contributed by atoms with E-state index in [1.165, 1.54) is 18.4 Å². The number of nitrogens with one attached hydrogen (secondary N) is 1. The van der Waals surface area contributed by atoms with Crippen LogP contribution in [0.2, 0.25) is 0 Å². The van der Waals surface area contributed by atoms with Crippen LogP contribution in [0, 0.1) is 5.92 Å². The molecule has 21 heavy (non-hydrogen) atoms. The smallest absolute Gasteiger partial charge is 0.125 e. The summed E-state index contributed by atoms with van der Waals surface area (Å²) in [5.74, 6) is 1.74. The fourth-order valence-corrected chi connectivity index (χ4v) is 3.34. The maximum atomic E-state index is 5.95. The maximum Gasteiger partial charge on any atom is 0.125 e. The van der Waals surface area contributed by atoms with Crippen LogP contribution >= 0.6 is 0 Å². The van der Waals surface area contributed by atoms with E-state index in [4.69, 9.17) is 9.15 Å². The van der Waals surface area contributed by atoms with Gasteiger partial charge in [0, 0.05) is 12.6 Å². The van der Waals surface area contributed by atoms with Crippen LogP contribution < -0.4 is 5.32 Å². The average molecular weight is 283 g/mol. The lowest BCUT2D eigenvalue weighted by Crippen LogP contribution is -2.40. The van der Waals surface area contributed by atoms with Gasteiger partial charge in [-0.15, -0.1) is 0 Å². The Labute approximate surface area is 125 Å². The second-order valence-electron chi connectivity index (χ2n) is 6.09. The second kappa shape index (κ2) is 5.66. The number of benzene rings is 1. The quantitative estimate of drug-likeness (QED) is 0.911. The van der Waals surface area contributed by atoms with Crippen molar-refractivity contribution in [2.45, 2.75) is 37.5 Å². The zero-order valence-electron chi connectivity index (χ0n) is 12.1. The number of rotatable bonds is 5. The third-order valence-electron chi connectivity index (χ3n) is 4.56. The van der Waals surface area contributed by atoms with Gasteiger partial charge in [-0.1, -0.05) is 30.3 Å². The van der Waals surface area contributed by atoms with E-state index in [0.717, 1.165) is 24.7 Å². The molecule has 1 aromatic heterocycles. The van der Waals surface area contributed by atoms with Gasteiger partial charge in [0.1, 0.15) is 5.76 Å². The van der Waals surface area contributed by atoms with Gasteiger partial charge in [0.05, 0.1) is 18.4 Å². The standard InChI is InChI=1S/C18H21NO2/c1-2-5-13(6-3-1)17(16-7-4-11-20-16)19-15-10-12-21-18(15)14-8-9-14/h1-7,11,14-15,17-19H,8-10,12H2. The molecule has 110 valence electrons. The average Bonchev–Trinajstić information content (AvgIpc) is 3.03. The van der Waals surface area contributed by atoms with E-state index in [-0.39, 0.29) is 6.04 Å². The lowest BCUT2D eigenvalue weighted by molar-refractivity contribution is 0.0792. The van der Waals surface area contributed by atoms with Crippen molar-refractivity contribution in [3.8, 4) is 0 Å². The van der Waals surface area contributed by atoms with Crippen molar-refractivity contribution >= 4 is 0 Å². The molecule has 1 saturated carbocycles. The van der Waals surface area contributed by atoms with Crippen LogP contribution in [0.5, 0.6) is 0 Å². The third-order valence-corrected chi connectivity index (χ3v) is 4.56. The normalized spacial score (nSPS) is 26.9. The highest BCUT2D eigenvalue weighted by Crippen LogP contribution is 2.39. The molecule has 3 atom stereocenters. The highest BCUT2D eigenvalue weighted by Gasteiger charge is 2.41. The summed E-state index contributed by atoms with van der Waals surface area (Å²) >= 11 is 0. The lowest BCUT2D eigenvalue weighted by Gasteiger charge is -2.25. The van der Waals surface area contributed by atoms with Crippen molar-refractivity contribution in [2.75, 3.05) is 6.61 Å². The van der Waals surface area contributed by atoms with E-state index in [9.17, 15) is 0 Å². The summed E-state index contributed by atoms with van der Waals surface area (Å²) in [6.45, 7) is 0.874. The van der Waals surface area contributed by atoms with Crippen LogP contribution in [-0.4, -0.2) is 18.8 Å². The van der Waals surface area contributed by atoms with Gasteiger partial charge >= 0.3 is 0 Å². The summed E-state index contributed by atoms with van der Waals surface area (Å²) in [7, 11) is 0. The van der Waals surface area contributed by atoms with Gasteiger partial charge in [0.2, 0.25) is 0 Å². The number of ether oxygens (including phenoxy) is 1. The van der Waals surface area contributed by atoms with Crippen molar-refractivity contribution < 1.29 is 9.15 Å². The Hall–Kier alpha value is -1.58. The van der Waals surface area contributed by atoms with Gasteiger partial charge in [-0.2, -0.15) is 0 Å². The molecule has 0 bridgehead atoms. The van der Waals surface area contributed by atoms with E-state index >= 15 is 0 Å². The number of hydrogen-bond acceptors (Lipinski definition) is 3. The Bertz CT molecular complexity index is 562. The van der Waals surface area contributed by atoms with Crippen molar-refractivity contribution in [2.24, 2.45) is 5.92 Å². The topological polar surface area (TPSA) is 34.4 Å². The van der Waals surface area contributed by atoms with Gasteiger partial charge in [-0.25, -0.2) is 0 Å². The molecule has 3 nitrogen and oxygen atoms in total. The predicted octanol–water partition coefficient (Wildman–Crippen LogP) is 3.53. The fraction of sp³-hybridized carbons (Fsp3) is 0.444. The zero-order chi connectivity index (χ0) is 14.1. The first-order valence-electron chi connectivity index (χ1n) is 7.88. The van der Waals surface area contributed by atoms with Crippen LogP contribution in [0.15, 0.2) is 53.1 Å². The molecule has 1 saturated heterocycles. The van der Waals surface area contributed by atoms with E-state index in [0.29, 0.717) is 12.1 Å². The van der Waals surface area contributed by atoms with Gasteiger partial charge in [0.15, 0.2) is 0 Å². The first kappa shape index (κ1) is 13.1. The second-order valence-corrected chi connectivity index (χ2v) is 6.09. The molecule has 2 aromatic rings. The highest BCUT2D eigenvalue weighted by molar-refractivity contribution is 5.26. The summed E-state index contributed by atoms with van der Waals surface area (Å²) < 4.78 is 11.6. The van der Waals surface area contributed by atoms with Gasteiger partial charge in [-0.05, 0) is 42.9 Å². The highest BCUT2D eigenvalue weighted by atomic mass is 16.5. The van der Waals surface area contributed by atoms with Crippen molar-refractivity contribution in [3.63, 3.8) is 0 Å². The van der Waals surface area contributed by atoms with E-state index in [2.05, 4.69) is 29.6 Å². The Morgan fingerprint density at radius 3 is 2.57 bits per heavy atom. The summed E-state index contributed by atoms with van der Waals surface area (Å²) in [4.78, 5) is 0. The zero-order valence-corrected chi connectivity index (χ0v) is 12.1. The van der Waals surface area contributed by atoms with Crippen molar-refractivity contribution in [3.05, 3.63) is 60.1 Å². The van der Waals surface area contributed by atoms with Crippen molar-refractivity contribution in [1.82, 2.24) is 5.32 Å². The minimum absolute atomic E-state index is 0.106. The van der Waals surface area contributed by atoms with Crippen LogP contribution in [0.4, 0.5) is 0 Å². The molecule has 0 amide bonds. The lowest BCUT2D eigenvalue weighted by atomic mass is 10.00. The molecule has 1 N–H and O–H groups in total. The molecule has 2 fully saturated rings. The third kappa shape index (κ3) is 2.76. The Kier molecular flexibility index (Phi) is 3.53. The van der Waals surface area contributed by atoms with E-state index in [1.54, 1.807) is 6.26 Å². The Morgan fingerprint density at radius 2 is 1.86 bits per heavy atom. The molecular weight excluding hydrogens is 262 g/mol. The molecule has 4 rings (SSSR count). The number of hydrogen-bond donors (Lipinski definition) is 1. The summed E-state index contributed by atoms with van der Waals surface area (Å²) in [5, 5.41) is 3.79. The minimum atomic E-state index is 0.106. The first-order valence-corrected chi connectivity index (χ1v) is 7.88. The molecule has 1 aliphatic carbocycles. The maximum absolute atomic E-state index is 5.95. The van der Waals surface area contributed by atoms with Gasteiger partial charge in [0.25, 0.3) is 0 Å². The molecular formula is C18H21NO2. The summed E-state index contributed by atoms with van der Waals surface area (Å²) in [6.07, 6.45) is 5.85. The van der Waals surface area contributed by atoms with Gasteiger partial charge < -0.3 is 9.15 Å². The molecule has 3 unspecified atom stereocenters. The molecule has 1 aliphatic heterocycles. The molecule has 0 spiro atoms. The van der Waals surface area contributed by atoms with Crippen LogP contribution in [0.3, 0.4) is 0 Å². The molecule has 3 heteroatoms. The van der Waals surface area contributed by atoms with Crippen LogP contribution in [-0.2, 0) is 4.74 Å². The van der Waals surface area contributed by atoms with E-state index < -0.39 is 0 Å². The first-order chi connectivity index (χ1) is 10.4.